The number of rotatable bonds is 0. The maximum atomic E-state index is 5.46. The predicted molar refractivity (Wildman–Crippen MR) is 52.0 cm³/mol. The fourth-order valence-electron chi connectivity index (χ4n) is 0.896. The zero-order valence-corrected chi connectivity index (χ0v) is 7.91. The second-order valence-corrected chi connectivity index (χ2v) is 4.48. The second-order valence-electron chi connectivity index (χ2n) is 3.16. The van der Waals surface area contributed by atoms with Crippen LogP contribution in [0.2, 0.25) is 6.82 Å². The van der Waals surface area contributed by atoms with Crippen LogP contribution < -0.4 is 0 Å². The first-order valence-electron chi connectivity index (χ1n) is 3.58. The molecular formula is C4H12B3O2P. The Morgan fingerprint density at radius 1 is 1.80 bits per heavy atom. The van der Waals surface area contributed by atoms with E-state index >= 15 is 0 Å². The molecule has 1 fully saturated rings. The molecule has 0 spiro atoms. The molecule has 1 rings (SSSR count). The monoisotopic (exact) mass is 156 g/mol. The molecule has 1 aliphatic rings. The average molecular weight is 156 g/mol. The molecule has 0 aliphatic carbocycles. The van der Waals surface area contributed by atoms with Crippen LogP contribution in [0.25, 0.3) is 0 Å². The van der Waals surface area contributed by atoms with Gasteiger partial charge in [0, 0.05) is 12.6 Å². The third kappa shape index (κ3) is 1.78. The van der Waals surface area contributed by atoms with E-state index in [9.17, 15) is 0 Å². The topological polar surface area (TPSA) is 18.5 Å². The van der Waals surface area contributed by atoms with Gasteiger partial charge in [-0.2, -0.15) is 0 Å². The predicted octanol–water partition coefficient (Wildman–Crippen LogP) is -1.69. The van der Waals surface area contributed by atoms with Crippen LogP contribution in [0.5, 0.6) is 0 Å². The van der Waals surface area contributed by atoms with Gasteiger partial charge in [-0.05, 0) is 11.9 Å². The highest BCUT2D eigenvalue weighted by atomic mass is 31.0. The molecule has 2 unspecified atom stereocenters. The first-order chi connectivity index (χ1) is 4.52. The average Bonchev–Trinajstić information content (AvgIpc) is 1.81. The third-order valence-corrected chi connectivity index (χ3v) is 2.59. The molecule has 1 heterocycles. The molecule has 2 nitrogen and oxygen atoms in total. The molecule has 6 heteroatoms. The molecule has 0 N–H and O–H groups in total. The van der Waals surface area contributed by atoms with Gasteiger partial charge in [0.1, 0.15) is 15.7 Å². The third-order valence-electron chi connectivity index (χ3n) is 1.95. The Morgan fingerprint density at radius 3 is 2.80 bits per heavy atom. The summed E-state index contributed by atoms with van der Waals surface area (Å²) in [5, 5.41) is 0.0898. The van der Waals surface area contributed by atoms with E-state index in [4.69, 9.17) is 9.31 Å². The van der Waals surface area contributed by atoms with Crippen molar-refractivity contribution in [3.8, 4) is 0 Å². The first-order valence-corrected chi connectivity index (χ1v) is 4.16. The molecule has 10 heavy (non-hydrogen) atoms. The fraction of sp³-hybridized carbons (Fsp3) is 1.00. The molecule has 0 aromatic carbocycles. The van der Waals surface area contributed by atoms with Gasteiger partial charge in [0.05, 0.1) is 0 Å². The highest BCUT2D eigenvalue weighted by Crippen LogP contribution is 2.24. The molecule has 0 radical (unpaired) electrons. The molecule has 0 bridgehead atoms. The van der Waals surface area contributed by atoms with Gasteiger partial charge in [0.15, 0.2) is 0 Å². The van der Waals surface area contributed by atoms with Crippen molar-refractivity contribution in [3.63, 3.8) is 0 Å². The highest BCUT2D eigenvalue weighted by Gasteiger charge is 2.34. The van der Waals surface area contributed by atoms with Crippen LogP contribution in [0, 0.1) is 0 Å². The van der Waals surface area contributed by atoms with Crippen molar-refractivity contribution in [1.29, 1.82) is 0 Å². The largest absolute Gasteiger partial charge is 0.453 e. The summed E-state index contributed by atoms with van der Waals surface area (Å²) in [7, 11) is 6.93. The van der Waals surface area contributed by atoms with Crippen LogP contribution in [0.15, 0.2) is 0 Å². The van der Waals surface area contributed by atoms with E-state index < -0.39 is 0 Å². The van der Waals surface area contributed by atoms with E-state index in [1.807, 2.05) is 6.82 Å². The molecule has 0 aromatic heterocycles. The molecule has 0 aromatic rings. The minimum atomic E-state index is -0.0383. The maximum absolute atomic E-state index is 5.46. The smallest absolute Gasteiger partial charge is 0.416 e. The SMILES string of the molecule is BC1OB(C)OC[C@@]1(B)P. The van der Waals surface area contributed by atoms with Crippen LogP contribution in [0.3, 0.4) is 0 Å². The molecule has 54 valence electrons. The van der Waals surface area contributed by atoms with E-state index in [-0.39, 0.29) is 18.2 Å². The van der Waals surface area contributed by atoms with E-state index in [1.165, 1.54) is 0 Å². The van der Waals surface area contributed by atoms with Crippen molar-refractivity contribution in [1.82, 2.24) is 0 Å². The Hall–Kier alpha value is 0.545. The van der Waals surface area contributed by atoms with Crippen LogP contribution in [0.1, 0.15) is 0 Å². The Bertz CT molecular complexity index is 132. The summed E-state index contributed by atoms with van der Waals surface area (Å²) >= 11 is 0. The van der Waals surface area contributed by atoms with Crippen LogP contribution in [-0.2, 0) is 9.31 Å². The summed E-state index contributed by atoms with van der Waals surface area (Å²) < 4.78 is 10.8. The van der Waals surface area contributed by atoms with Crippen molar-refractivity contribution in [2.24, 2.45) is 0 Å². The Morgan fingerprint density at radius 2 is 2.40 bits per heavy atom. The van der Waals surface area contributed by atoms with Gasteiger partial charge in [-0.3, -0.25) is 0 Å². The van der Waals surface area contributed by atoms with Crippen molar-refractivity contribution in [3.05, 3.63) is 0 Å². The molecular weight excluding hydrogens is 143 g/mol. The van der Waals surface area contributed by atoms with Gasteiger partial charge in [-0.15, -0.1) is 9.24 Å². The van der Waals surface area contributed by atoms with Crippen LogP contribution in [-0.4, -0.2) is 40.5 Å². The minimum absolute atomic E-state index is 0.0383. The van der Waals surface area contributed by atoms with Gasteiger partial charge in [-0.1, -0.05) is 0 Å². The van der Waals surface area contributed by atoms with E-state index in [1.54, 1.807) is 0 Å². The highest BCUT2D eigenvalue weighted by molar-refractivity contribution is 7.22. The second kappa shape index (κ2) is 2.88. The summed E-state index contributed by atoms with van der Waals surface area (Å²) in [5.41, 5.74) is 0. The maximum Gasteiger partial charge on any atom is 0.453 e. The Balaban J connectivity index is 2.52. The van der Waals surface area contributed by atoms with E-state index in [0.29, 0.717) is 0 Å². The quantitative estimate of drug-likeness (QED) is 0.307. The molecule has 1 saturated heterocycles. The molecule has 3 atom stereocenters. The molecule has 0 saturated carbocycles. The van der Waals surface area contributed by atoms with Crippen LogP contribution >= 0.6 is 9.24 Å². The lowest BCUT2D eigenvalue weighted by Gasteiger charge is -2.38. The lowest BCUT2D eigenvalue weighted by molar-refractivity contribution is 0.108. The zero-order chi connectivity index (χ0) is 7.78. The zero-order valence-electron chi connectivity index (χ0n) is 6.76. The Kier molecular flexibility index (Phi) is 2.49. The van der Waals surface area contributed by atoms with E-state index in [2.05, 4.69) is 24.9 Å². The van der Waals surface area contributed by atoms with Gasteiger partial charge < -0.3 is 9.31 Å². The molecule has 1 aliphatic heterocycles. The van der Waals surface area contributed by atoms with Crippen molar-refractivity contribution < 1.29 is 9.31 Å². The van der Waals surface area contributed by atoms with Gasteiger partial charge in [0.2, 0.25) is 0 Å². The standard InChI is InChI=1S/C4H12B3O2P/c1-7-8-2-4(6,10)3(5)9-7/h3H,2,5-6,10H2,1H3/t3?,4-/m1/s1. The van der Waals surface area contributed by atoms with Crippen molar-refractivity contribution in [2.45, 2.75) is 17.9 Å². The normalized spacial score (nSPS) is 41.8. The molecule has 0 amide bonds. The summed E-state index contributed by atoms with van der Waals surface area (Å²) in [5.74, 6) is 0. The van der Waals surface area contributed by atoms with E-state index in [0.717, 1.165) is 6.61 Å². The van der Waals surface area contributed by atoms with Crippen molar-refractivity contribution >= 4 is 32.1 Å². The summed E-state index contributed by atoms with van der Waals surface area (Å²) in [6.07, 6.45) is 0. The van der Waals surface area contributed by atoms with Gasteiger partial charge >= 0.3 is 7.12 Å². The first kappa shape index (κ1) is 8.64. The number of hydrogen-bond donors (Lipinski definition) is 0. The van der Waals surface area contributed by atoms with Crippen molar-refractivity contribution in [2.75, 3.05) is 6.61 Å². The summed E-state index contributed by atoms with van der Waals surface area (Å²) in [4.78, 5) is 0. The van der Waals surface area contributed by atoms with Gasteiger partial charge in [0.25, 0.3) is 0 Å². The van der Waals surface area contributed by atoms with Crippen LogP contribution in [0.4, 0.5) is 0 Å². The lowest BCUT2D eigenvalue weighted by Crippen LogP contribution is -2.52. The lowest BCUT2D eigenvalue weighted by atomic mass is 9.70. The minimum Gasteiger partial charge on any atom is -0.416 e. The Labute approximate surface area is 66.6 Å². The summed E-state index contributed by atoms with van der Waals surface area (Å²) in [6, 6.07) is 0.265. The fourth-order valence-corrected chi connectivity index (χ4v) is 1.07. The van der Waals surface area contributed by atoms with Gasteiger partial charge in [-0.25, -0.2) is 0 Å². The summed E-state index contributed by atoms with van der Waals surface area (Å²) in [6.45, 7) is 2.69. The number of hydrogen-bond acceptors (Lipinski definition) is 2.